The maximum atomic E-state index is 14.0. The Hall–Kier alpha value is -5.89. The summed E-state index contributed by atoms with van der Waals surface area (Å²) in [5, 5.41) is 0. The lowest BCUT2D eigenvalue weighted by Crippen LogP contribution is -2.27. The fourth-order valence-electron chi connectivity index (χ4n) is 5.45. The van der Waals surface area contributed by atoms with E-state index >= 15 is 0 Å². The van der Waals surface area contributed by atoms with E-state index in [1.807, 2.05) is 72.8 Å². The zero-order chi connectivity index (χ0) is 34.6. The van der Waals surface area contributed by atoms with Gasteiger partial charge in [-0.2, -0.15) is 0 Å². The van der Waals surface area contributed by atoms with Gasteiger partial charge in [-0.25, -0.2) is 4.79 Å². The van der Waals surface area contributed by atoms with Gasteiger partial charge in [-0.05, 0) is 65.9 Å². The van der Waals surface area contributed by atoms with Crippen LogP contribution in [0, 0.1) is 5.92 Å². The molecule has 250 valence electrons. The average Bonchev–Trinajstić information content (AvgIpc) is 3.15. The first-order valence-corrected chi connectivity index (χ1v) is 15.9. The lowest BCUT2D eigenvalue weighted by Gasteiger charge is -2.18. The van der Waals surface area contributed by atoms with Gasteiger partial charge in [-0.15, -0.1) is 0 Å². The van der Waals surface area contributed by atoms with Crippen LogP contribution < -0.4 is 18.9 Å². The molecule has 0 aliphatic carbocycles. The molecule has 5 aromatic carbocycles. The van der Waals surface area contributed by atoms with Crippen molar-refractivity contribution in [1.82, 2.24) is 0 Å². The van der Waals surface area contributed by atoms with Gasteiger partial charge < -0.3 is 23.7 Å². The van der Waals surface area contributed by atoms with E-state index in [2.05, 4.69) is 0 Å². The van der Waals surface area contributed by atoms with E-state index in [9.17, 15) is 14.4 Å². The summed E-state index contributed by atoms with van der Waals surface area (Å²) >= 11 is 0. The maximum absolute atomic E-state index is 14.0. The van der Waals surface area contributed by atoms with Crippen molar-refractivity contribution < 1.29 is 38.1 Å². The van der Waals surface area contributed by atoms with E-state index in [4.69, 9.17) is 23.7 Å². The molecule has 0 amide bonds. The van der Waals surface area contributed by atoms with Crippen LogP contribution in [-0.4, -0.2) is 38.9 Å². The van der Waals surface area contributed by atoms with Crippen LogP contribution in [0.1, 0.15) is 43.8 Å². The Balaban J connectivity index is 1.34. The van der Waals surface area contributed by atoms with Gasteiger partial charge in [0.05, 0.1) is 27.2 Å². The van der Waals surface area contributed by atoms with Crippen molar-refractivity contribution in [2.24, 2.45) is 5.92 Å². The van der Waals surface area contributed by atoms with Gasteiger partial charge in [0, 0.05) is 12.0 Å². The number of ether oxygens (including phenoxy) is 5. The minimum absolute atomic E-state index is 0.142. The number of esters is 1. The molecule has 8 heteroatoms. The molecule has 0 aliphatic rings. The molecule has 5 aromatic rings. The van der Waals surface area contributed by atoms with Crippen LogP contribution in [0.25, 0.3) is 0 Å². The number of ketones is 2. The number of carbonyl (C=O) groups excluding carboxylic acids is 3. The van der Waals surface area contributed by atoms with Crippen LogP contribution in [0.5, 0.6) is 28.7 Å². The second kappa shape index (κ2) is 16.8. The SMILES string of the molecule is COc1cc(C(=O)C(Cc2ccc(Oc3ccccc3C(=O)OCc3ccccc3)cc2)C(=O)CCc2ccccc2)cc(OC)c1OC. The van der Waals surface area contributed by atoms with Gasteiger partial charge in [0.15, 0.2) is 17.3 Å². The molecule has 1 unspecified atom stereocenters. The standard InChI is InChI=1S/C41H38O8/c1-45-37-25-31(26-38(46-2)40(37)47-3)39(43)34(35(42)23-20-28-12-6-4-7-13-28)24-29-18-21-32(22-19-29)49-36-17-11-10-16-33(36)41(44)48-27-30-14-8-5-9-15-30/h4-19,21-22,25-26,34H,20,23-24,27H2,1-3H3. The third-order valence-electron chi connectivity index (χ3n) is 8.07. The normalized spacial score (nSPS) is 11.2. The number of Topliss-reactive ketones (excluding diaryl/α,β-unsaturated/α-hetero) is 2. The van der Waals surface area contributed by atoms with Crippen LogP contribution in [-0.2, 0) is 29.0 Å². The Morgan fingerprint density at radius 1 is 0.612 bits per heavy atom. The van der Waals surface area contributed by atoms with Gasteiger partial charge in [0.25, 0.3) is 0 Å². The number of benzene rings is 5. The van der Waals surface area contributed by atoms with Gasteiger partial charge >= 0.3 is 5.97 Å². The van der Waals surface area contributed by atoms with Crippen LogP contribution in [0.3, 0.4) is 0 Å². The molecule has 0 fully saturated rings. The van der Waals surface area contributed by atoms with Gasteiger partial charge in [0.2, 0.25) is 5.75 Å². The highest BCUT2D eigenvalue weighted by Gasteiger charge is 2.29. The highest BCUT2D eigenvalue weighted by molar-refractivity contribution is 6.11. The Morgan fingerprint density at radius 2 is 1.20 bits per heavy atom. The summed E-state index contributed by atoms with van der Waals surface area (Å²) in [5.41, 5.74) is 3.23. The molecular formula is C41H38O8. The quantitative estimate of drug-likeness (QED) is 0.0596. The molecule has 0 saturated carbocycles. The fourth-order valence-corrected chi connectivity index (χ4v) is 5.45. The first kappa shape index (κ1) is 34.4. The molecule has 0 bridgehead atoms. The maximum Gasteiger partial charge on any atom is 0.342 e. The number of rotatable bonds is 16. The molecule has 0 aromatic heterocycles. The van der Waals surface area contributed by atoms with E-state index in [0.717, 1.165) is 16.7 Å². The number of para-hydroxylation sites is 1. The second-order valence-corrected chi connectivity index (χ2v) is 11.3. The molecule has 0 N–H and O–H groups in total. The third-order valence-corrected chi connectivity index (χ3v) is 8.07. The molecule has 0 aliphatic heterocycles. The summed E-state index contributed by atoms with van der Waals surface area (Å²) in [4.78, 5) is 40.7. The summed E-state index contributed by atoms with van der Waals surface area (Å²) in [6.45, 7) is 0.142. The van der Waals surface area contributed by atoms with Gasteiger partial charge in [0.1, 0.15) is 29.5 Å². The predicted octanol–water partition coefficient (Wildman–Crippen LogP) is 8.11. The summed E-state index contributed by atoms with van der Waals surface area (Å²) in [6.07, 6.45) is 0.883. The van der Waals surface area contributed by atoms with Crippen molar-refractivity contribution in [1.29, 1.82) is 0 Å². The van der Waals surface area contributed by atoms with Gasteiger partial charge in [-0.1, -0.05) is 84.9 Å². The minimum Gasteiger partial charge on any atom is -0.493 e. The smallest absolute Gasteiger partial charge is 0.342 e. The highest BCUT2D eigenvalue weighted by atomic mass is 16.5. The Labute approximate surface area is 286 Å². The van der Waals surface area contributed by atoms with Crippen molar-refractivity contribution >= 4 is 17.5 Å². The van der Waals surface area contributed by atoms with Crippen LogP contribution in [0.2, 0.25) is 0 Å². The first-order valence-electron chi connectivity index (χ1n) is 15.9. The largest absolute Gasteiger partial charge is 0.493 e. The van der Waals surface area contributed by atoms with Crippen LogP contribution >= 0.6 is 0 Å². The molecule has 0 radical (unpaired) electrons. The van der Waals surface area contributed by atoms with E-state index < -0.39 is 11.9 Å². The number of methoxy groups -OCH3 is 3. The highest BCUT2D eigenvalue weighted by Crippen LogP contribution is 2.39. The van der Waals surface area contributed by atoms with Crippen molar-refractivity contribution in [3.63, 3.8) is 0 Å². The zero-order valence-corrected chi connectivity index (χ0v) is 27.7. The predicted molar refractivity (Wildman–Crippen MR) is 186 cm³/mol. The number of hydrogen-bond donors (Lipinski definition) is 0. The van der Waals surface area contributed by atoms with Crippen molar-refractivity contribution in [3.05, 3.63) is 149 Å². The molecule has 0 heterocycles. The fraction of sp³-hybridized carbons (Fsp3) is 0.195. The Kier molecular flexibility index (Phi) is 11.8. The van der Waals surface area contributed by atoms with Crippen LogP contribution in [0.15, 0.2) is 121 Å². The van der Waals surface area contributed by atoms with Crippen molar-refractivity contribution in [2.75, 3.05) is 21.3 Å². The number of hydrogen-bond acceptors (Lipinski definition) is 8. The number of aryl methyl sites for hydroxylation is 1. The Morgan fingerprint density at radius 3 is 1.82 bits per heavy atom. The van der Waals surface area contributed by atoms with E-state index in [-0.39, 0.29) is 36.6 Å². The zero-order valence-electron chi connectivity index (χ0n) is 27.7. The summed E-state index contributed by atoms with van der Waals surface area (Å²) < 4.78 is 28.0. The third kappa shape index (κ3) is 8.93. The molecule has 8 nitrogen and oxygen atoms in total. The molecule has 5 rings (SSSR count). The molecule has 1 atom stereocenters. The van der Waals surface area contributed by atoms with E-state index in [0.29, 0.717) is 40.7 Å². The average molecular weight is 659 g/mol. The van der Waals surface area contributed by atoms with Crippen molar-refractivity contribution in [3.8, 4) is 28.7 Å². The summed E-state index contributed by atoms with van der Waals surface area (Å²) in [5.74, 6) is -0.147. The van der Waals surface area contributed by atoms with E-state index in [1.165, 1.54) is 21.3 Å². The van der Waals surface area contributed by atoms with Crippen LogP contribution in [0.4, 0.5) is 0 Å². The second-order valence-electron chi connectivity index (χ2n) is 11.3. The summed E-state index contributed by atoms with van der Waals surface area (Å²) in [6, 6.07) is 36.3. The topological polar surface area (TPSA) is 97.4 Å². The number of carbonyl (C=O) groups is 3. The monoisotopic (exact) mass is 658 g/mol. The molecular weight excluding hydrogens is 620 g/mol. The van der Waals surface area contributed by atoms with Crippen molar-refractivity contribution in [2.45, 2.75) is 25.9 Å². The molecule has 0 saturated heterocycles. The Bertz CT molecular complexity index is 1840. The minimum atomic E-state index is -0.960. The molecule has 0 spiro atoms. The lowest BCUT2D eigenvalue weighted by atomic mass is 9.85. The lowest BCUT2D eigenvalue weighted by molar-refractivity contribution is -0.121. The summed E-state index contributed by atoms with van der Waals surface area (Å²) in [7, 11) is 4.44. The van der Waals surface area contributed by atoms with E-state index in [1.54, 1.807) is 48.5 Å². The molecule has 49 heavy (non-hydrogen) atoms. The first-order chi connectivity index (χ1) is 23.9. The van der Waals surface area contributed by atoms with Gasteiger partial charge in [-0.3, -0.25) is 9.59 Å².